The van der Waals surface area contributed by atoms with Gasteiger partial charge < -0.3 is 13.4 Å². The van der Waals surface area contributed by atoms with Gasteiger partial charge in [0, 0.05) is 43.6 Å². The molecule has 13 rings (SSSR count). The number of hydrogen-bond donors (Lipinski definition) is 0. The minimum Gasteiger partial charge on any atom is -0.455 e. The smallest absolute Gasteiger partial charge is 0.231 e. The maximum atomic E-state index is 6.92. The minimum atomic E-state index is 0.545. The fourth-order valence-corrected chi connectivity index (χ4v) is 9.45. The molecule has 0 aliphatic rings. The third-order valence-electron chi connectivity index (χ3n) is 12.2. The summed E-state index contributed by atoms with van der Waals surface area (Å²) in [6.07, 6.45) is 0. The third-order valence-corrected chi connectivity index (χ3v) is 12.2. The van der Waals surface area contributed by atoms with Gasteiger partial charge in [-0.2, -0.15) is 4.98 Å². The van der Waals surface area contributed by atoms with Crippen molar-refractivity contribution in [3.8, 4) is 50.6 Å². The zero-order valence-corrected chi connectivity index (χ0v) is 32.7. The molecule has 0 N–H and O–H groups in total. The average molecular weight is 780 g/mol. The monoisotopic (exact) mass is 779 g/mol. The second kappa shape index (κ2) is 13.1. The van der Waals surface area contributed by atoms with Gasteiger partial charge in [0.2, 0.25) is 5.71 Å². The predicted molar refractivity (Wildman–Crippen MR) is 250 cm³/mol. The van der Waals surface area contributed by atoms with Crippen LogP contribution in [0, 0.1) is 0 Å². The molecule has 4 aromatic heterocycles. The largest absolute Gasteiger partial charge is 0.455 e. The molecule has 13 aromatic rings. The summed E-state index contributed by atoms with van der Waals surface area (Å²) >= 11 is 0. The molecule has 0 bridgehead atoms. The third kappa shape index (κ3) is 5.14. The molecule has 61 heavy (non-hydrogen) atoms. The van der Waals surface area contributed by atoms with Crippen molar-refractivity contribution in [2.24, 2.45) is 0 Å². The molecule has 0 saturated heterocycles. The second-order valence-electron chi connectivity index (χ2n) is 15.7. The highest BCUT2D eigenvalue weighted by Crippen LogP contribution is 2.45. The van der Waals surface area contributed by atoms with Gasteiger partial charge in [-0.05, 0) is 64.5 Å². The molecule has 284 valence electrons. The summed E-state index contributed by atoms with van der Waals surface area (Å²) in [5, 5.41) is 8.79. The number of hydrogen-bond acceptors (Lipinski definition) is 4. The van der Waals surface area contributed by atoms with Crippen LogP contribution >= 0.6 is 0 Å². The highest BCUT2D eigenvalue weighted by Gasteiger charge is 2.24. The van der Waals surface area contributed by atoms with E-state index in [0.29, 0.717) is 11.5 Å². The highest BCUT2D eigenvalue weighted by molar-refractivity contribution is 6.22. The van der Waals surface area contributed by atoms with Crippen LogP contribution in [0.15, 0.2) is 209 Å². The second-order valence-corrected chi connectivity index (χ2v) is 15.7. The van der Waals surface area contributed by atoms with E-state index in [2.05, 4.69) is 162 Å². The molecular weight excluding hydrogens is 747 g/mol. The van der Waals surface area contributed by atoms with E-state index in [9.17, 15) is 0 Å². The first-order valence-electron chi connectivity index (χ1n) is 20.6. The fourth-order valence-electron chi connectivity index (χ4n) is 9.45. The van der Waals surface area contributed by atoms with Crippen molar-refractivity contribution in [3.63, 3.8) is 0 Å². The first-order valence-corrected chi connectivity index (χ1v) is 20.6. The molecular formula is C56H33N3O2. The Labute approximate surface area is 349 Å². The summed E-state index contributed by atoms with van der Waals surface area (Å²) in [6, 6.07) is 70.2. The van der Waals surface area contributed by atoms with Gasteiger partial charge in [0.25, 0.3) is 0 Å². The summed E-state index contributed by atoms with van der Waals surface area (Å²) < 4.78 is 16.0. The van der Waals surface area contributed by atoms with E-state index in [4.69, 9.17) is 18.8 Å². The molecule has 5 nitrogen and oxygen atoms in total. The average Bonchev–Trinajstić information content (AvgIpc) is 4.02. The van der Waals surface area contributed by atoms with Gasteiger partial charge in [0.15, 0.2) is 5.82 Å². The van der Waals surface area contributed by atoms with Crippen LogP contribution in [0.4, 0.5) is 0 Å². The maximum absolute atomic E-state index is 6.92. The van der Waals surface area contributed by atoms with Gasteiger partial charge in [0.05, 0.1) is 33.2 Å². The minimum absolute atomic E-state index is 0.545. The van der Waals surface area contributed by atoms with Crippen molar-refractivity contribution >= 4 is 76.6 Å². The molecule has 0 aliphatic heterocycles. The first kappa shape index (κ1) is 33.7. The summed E-state index contributed by atoms with van der Waals surface area (Å²) in [5.41, 5.74) is 13.4. The van der Waals surface area contributed by atoms with Crippen molar-refractivity contribution in [2.45, 2.75) is 0 Å². The Balaban J connectivity index is 1.07. The molecule has 0 aliphatic carbocycles. The number of rotatable bonds is 5. The number of nitrogens with zero attached hydrogens (tertiary/aromatic N) is 3. The Morgan fingerprint density at radius 2 is 1.10 bits per heavy atom. The van der Waals surface area contributed by atoms with Crippen LogP contribution in [0.1, 0.15) is 0 Å². The van der Waals surface area contributed by atoms with Crippen LogP contribution in [-0.4, -0.2) is 14.5 Å². The van der Waals surface area contributed by atoms with Crippen LogP contribution in [-0.2, 0) is 0 Å². The Morgan fingerprint density at radius 3 is 1.97 bits per heavy atom. The quantitative estimate of drug-likeness (QED) is 0.175. The molecule has 0 unspecified atom stereocenters. The van der Waals surface area contributed by atoms with Gasteiger partial charge in [-0.3, -0.25) is 0 Å². The van der Waals surface area contributed by atoms with Crippen LogP contribution in [0.3, 0.4) is 0 Å². The predicted octanol–water partition coefficient (Wildman–Crippen LogP) is 15.2. The van der Waals surface area contributed by atoms with Crippen LogP contribution in [0.2, 0.25) is 0 Å². The molecule has 0 amide bonds. The number of fused-ring (bicyclic) bond motifs is 11. The summed E-state index contributed by atoms with van der Waals surface area (Å²) in [6.45, 7) is 0. The SMILES string of the molecule is c1ccc(-c2cccc(-c3nc(-c4ccccc4)nc4oc5ccc(-c6ccc(-n7c8ccccc8c8ccc9ccccc9c87)c7c6oc6ccccc67)cc5c34)c2)cc1. The lowest BCUT2D eigenvalue weighted by Crippen LogP contribution is -1.96. The topological polar surface area (TPSA) is 57.0 Å². The van der Waals surface area contributed by atoms with Gasteiger partial charge >= 0.3 is 0 Å². The highest BCUT2D eigenvalue weighted by atomic mass is 16.3. The van der Waals surface area contributed by atoms with E-state index in [1.54, 1.807) is 0 Å². The number of aromatic nitrogens is 3. The van der Waals surface area contributed by atoms with Crippen molar-refractivity contribution in [1.29, 1.82) is 0 Å². The van der Waals surface area contributed by atoms with E-state index in [1.165, 1.54) is 27.1 Å². The molecule has 4 heterocycles. The van der Waals surface area contributed by atoms with Crippen LogP contribution < -0.4 is 0 Å². The maximum Gasteiger partial charge on any atom is 0.231 e. The molecule has 0 atom stereocenters. The van der Waals surface area contributed by atoms with E-state index in [-0.39, 0.29) is 0 Å². The van der Waals surface area contributed by atoms with E-state index >= 15 is 0 Å². The van der Waals surface area contributed by atoms with Crippen LogP contribution in [0.5, 0.6) is 0 Å². The van der Waals surface area contributed by atoms with E-state index in [0.717, 1.165) is 88.6 Å². The number of para-hydroxylation sites is 2. The number of furan rings is 2. The lowest BCUT2D eigenvalue weighted by Gasteiger charge is -2.13. The van der Waals surface area contributed by atoms with Crippen LogP contribution in [0.25, 0.3) is 127 Å². The molecule has 0 radical (unpaired) electrons. The Morgan fingerprint density at radius 1 is 0.393 bits per heavy atom. The Kier molecular flexibility index (Phi) is 7.24. The zero-order valence-electron chi connectivity index (χ0n) is 32.7. The molecule has 0 spiro atoms. The Bertz CT molecular complexity index is 3880. The standard InChI is InChI=1S/C56H33N3O2/c1-3-14-34(15-4-1)37-19-13-20-39(32-37)52-51-45-33-38(27-31-49(45)61-56(51)58-55(57-52)36-17-5-2-6-18-36)41-29-30-47(50-44-23-10-12-25-48(44)60-54(41)50)59-46-24-11-9-22-42(46)43-28-26-35-16-7-8-21-40(35)53(43)59/h1-33H. The lowest BCUT2D eigenvalue weighted by atomic mass is 9.97. The van der Waals surface area contributed by atoms with Crippen molar-refractivity contribution in [2.75, 3.05) is 0 Å². The lowest BCUT2D eigenvalue weighted by molar-refractivity contribution is 0.653. The fraction of sp³-hybridized carbons (Fsp3) is 0. The summed E-state index contributed by atoms with van der Waals surface area (Å²) in [7, 11) is 0. The van der Waals surface area contributed by atoms with Gasteiger partial charge in [-0.25, -0.2) is 4.98 Å². The normalized spacial score (nSPS) is 11.9. The van der Waals surface area contributed by atoms with Gasteiger partial charge in [0.1, 0.15) is 16.7 Å². The molecule has 5 heteroatoms. The Hall–Kier alpha value is -8.28. The van der Waals surface area contributed by atoms with Gasteiger partial charge in [-0.1, -0.05) is 158 Å². The molecule has 0 saturated carbocycles. The number of benzene rings is 9. The molecule has 9 aromatic carbocycles. The van der Waals surface area contributed by atoms with E-state index in [1.807, 2.05) is 42.5 Å². The first-order chi connectivity index (χ1) is 30.2. The van der Waals surface area contributed by atoms with Crippen molar-refractivity contribution in [1.82, 2.24) is 14.5 Å². The van der Waals surface area contributed by atoms with Crippen molar-refractivity contribution in [3.05, 3.63) is 200 Å². The van der Waals surface area contributed by atoms with Crippen molar-refractivity contribution < 1.29 is 8.83 Å². The van der Waals surface area contributed by atoms with E-state index < -0.39 is 0 Å². The summed E-state index contributed by atoms with van der Waals surface area (Å²) in [4.78, 5) is 10.3. The molecule has 0 fully saturated rings. The summed E-state index contributed by atoms with van der Waals surface area (Å²) in [5.74, 6) is 0.616. The van der Waals surface area contributed by atoms with Gasteiger partial charge in [-0.15, -0.1) is 0 Å². The zero-order chi connectivity index (χ0) is 40.0.